The third-order valence-corrected chi connectivity index (χ3v) is 6.91. The minimum atomic E-state index is -4.75. The van der Waals surface area contributed by atoms with Crippen molar-refractivity contribution < 1.29 is 22.7 Å². The average molecular weight is 512 g/mol. The molecule has 0 radical (unpaired) electrons. The summed E-state index contributed by atoms with van der Waals surface area (Å²) < 4.78 is 42.7. The van der Waals surface area contributed by atoms with Crippen molar-refractivity contribution in [2.75, 3.05) is 11.4 Å². The number of aromatic nitrogens is 3. The predicted octanol–water partition coefficient (Wildman–Crippen LogP) is 4.04. The van der Waals surface area contributed by atoms with Gasteiger partial charge in [-0.05, 0) is 48.4 Å². The van der Waals surface area contributed by atoms with Gasteiger partial charge in [0.05, 0.1) is 11.2 Å². The second-order valence-electron chi connectivity index (χ2n) is 9.22. The highest BCUT2D eigenvalue weighted by Crippen LogP contribution is 2.41. The molecule has 0 unspecified atom stereocenters. The predicted molar refractivity (Wildman–Crippen MR) is 128 cm³/mol. The standard InChI is InChI=1S/C25H23F3N6O3/c1-3-17-12-24(13-19(32-37-24)15-4-7-18(8-5-15)36-25(26,27)28)10-11-34(17)22-21-20(33(2)23(35)31-22)9-6-16(14-29)30-21/h4-9,17H,3,10-13H2,1-2H3/t17-,24+/m1/s1. The number of ether oxygens (including phenoxy) is 1. The van der Waals surface area contributed by atoms with Gasteiger partial charge in [-0.1, -0.05) is 12.1 Å². The molecule has 192 valence electrons. The monoisotopic (exact) mass is 512 g/mol. The van der Waals surface area contributed by atoms with Crippen molar-refractivity contribution in [2.45, 2.75) is 50.6 Å². The second kappa shape index (κ2) is 9.06. The Bertz CT molecular complexity index is 1480. The SMILES string of the molecule is CC[C@@H]1C[C@@]2(CCN1c1nc(=O)n(C)c3ccc(C#N)nc13)CC(c1ccc(OC(F)(F)F)cc1)=NO2. The minimum Gasteiger partial charge on any atom is -0.406 e. The lowest BCUT2D eigenvalue weighted by atomic mass is 9.81. The molecule has 1 aromatic carbocycles. The van der Waals surface area contributed by atoms with Gasteiger partial charge in [-0.3, -0.25) is 4.57 Å². The van der Waals surface area contributed by atoms with Crippen LogP contribution in [-0.4, -0.2) is 44.8 Å². The van der Waals surface area contributed by atoms with E-state index in [9.17, 15) is 23.2 Å². The second-order valence-corrected chi connectivity index (χ2v) is 9.22. The number of anilines is 1. The van der Waals surface area contributed by atoms with E-state index in [0.29, 0.717) is 53.9 Å². The highest BCUT2D eigenvalue weighted by atomic mass is 19.4. The number of benzene rings is 1. The Morgan fingerprint density at radius 2 is 1.97 bits per heavy atom. The fourth-order valence-corrected chi connectivity index (χ4v) is 5.03. The molecule has 3 aromatic rings. The summed E-state index contributed by atoms with van der Waals surface area (Å²) in [6, 6.07) is 10.8. The van der Waals surface area contributed by atoms with Crippen molar-refractivity contribution in [1.29, 1.82) is 5.26 Å². The first-order valence-electron chi connectivity index (χ1n) is 11.8. The van der Waals surface area contributed by atoms with Crippen molar-refractivity contribution in [3.63, 3.8) is 0 Å². The molecule has 2 aliphatic heterocycles. The number of halogens is 3. The maximum Gasteiger partial charge on any atom is 0.573 e. The molecule has 5 rings (SSSR count). The molecule has 0 saturated carbocycles. The average Bonchev–Trinajstić information content (AvgIpc) is 3.28. The first-order valence-corrected chi connectivity index (χ1v) is 11.8. The molecule has 4 heterocycles. The number of aryl methyl sites for hydroxylation is 1. The van der Waals surface area contributed by atoms with Crippen molar-refractivity contribution in [2.24, 2.45) is 12.2 Å². The molecule has 12 heteroatoms. The van der Waals surface area contributed by atoms with Crippen LogP contribution in [0.1, 0.15) is 43.9 Å². The van der Waals surface area contributed by atoms with Crippen LogP contribution < -0.4 is 15.3 Å². The molecule has 0 aliphatic carbocycles. The number of hydrogen-bond donors (Lipinski definition) is 0. The van der Waals surface area contributed by atoms with Crippen LogP contribution in [0, 0.1) is 11.3 Å². The van der Waals surface area contributed by atoms with Crippen molar-refractivity contribution in [3.8, 4) is 11.8 Å². The summed E-state index contributed by atoms with van der Waals surface area (Å²) in [7, 11) is 1.62. The summed E-state index contributed by atoms with van der Waals surface area (Å²) >= 11 is 0. The number of fused-ring (bicyclic) bond motifs is 1. The van der Waals surface area contributed by atoms with Gasteiger partial charge in [-0.25, -0.2) is 9.78 Å². The molecule has 9 nitrogen and oxygen atoms in total. The van der Waals surface area contributed by atoms with Crippen molar-refractivity contribution in [1.82, 2.24) is 14.5 Å². The summed E-state index contributed by atoms with van der Waals surface area (Å²) in [5.41, 5.74) is 1.64. The fraction of sp³-hybridized carbons (Fsp3) is 0.400. The maximum absolute atomic E-state index is 12.6. The van der Waals surface area contributed by atoms with Gasteiger partial charge < -0.3 is 14.5 Å². The lowest BCUT2D eigenvalue weighted by Crippen LogP contribution is -2.51. The Kier molecular flexibility index (Phi) is 6.01. The molecule has 2 aromatic heterocycles. The van der Waals surface area contributed by atoms with E-state index in [-0.39, 0.29) is 17.5 Å². The van der Waals surface area contributed by atoms with Crippen LogP contribution in [0.5, 0.6) is 5.75 Å². The molecular formula is C25H23F3N6O3. The first kappa shape index (κ1) is 24.5. The van der Waals surface area contributed by atoms with Gasteiger partial charge in [-0.15, -0.1) is 13.2 Å². The number of hydrogen-bond acceptors (Lipinski definition) is 8. The number of nitrogens with zero attached hydrogens (tertiary/aromatic N) is 6. The van der Waals surface area contributed by atoms with Crippen LogP contribution >= 0.6 is 0 Å². The van der Waals surface area contributed by atoms with Crippen LogP contribution in [0.25, 0.3) is 11.0 Å². The Balaban J connectivity index is 1.38. The van der Waals surface area contributed by atoms with E-state index in [4.69, 9.17) is 4.84 Å². The summed E-state index contributed by atoms with van der Waals surface area (Å²) in [6.07, 6.45) is -2.33. The van der Waals surface area contributed by atoms with Gasteiger partial charge in [-0.2, -0.15) is 10.2 Å². The van der Waals surface area contributed by atoms with Gasteiger partial charge >= 0.3 is 12.1 Å². The minimum absolute atomic E-state index is 0.0405. The van der Waals surface area contributed by atoms with Crippen molar-refractivity contribution >= 4 is 22.6 Å². The van der Waals surface area contributed by atoms with Crippen LogP contribution in [0.3, 0.4) is 0 Å². The number of nitriles is 1. The Morgan fingerprint density at radius 1 is 1.22 bits per heavy atom. The van der Waals surface area contributed by atoms with Crippen LogP contribution in [0.4, 0.5) is 19.0 Å². The number of piperidine rings is 1. The summed E-state index contributed by atoms with van der Waals surface area (Å²) in [5, 5.41) is 13.6. The van der Waals surface area contributed by atoms with Crippen LogP contribution in [0.15, 0.2) is 46.3 Å². The first-order chi connectivity index (χ1) is 17.6. The topological polar surface area (TPSA) is 106 Å². The number of oxime groups is 1. The Morgan fingerprint density at radius 3 is 2.65 bits per heavy atom. The fourth-order valence-electron chi connectivity index (χ4n) is 5.03. The van der Waals surface area contributed by atoms with E-state index in [2.05, 4.69) is 19.9 Å². The normalized spacial score (nSPS) is 21.6. The summed E-state index contributed by atoms with van der Waals surface area (Å²) in [4.78, 5) is 29.4. The zero-order valence-electron chi connectivity index (χ0n) is 20.1. The summed E-state index contributed by atoms with van der Waals surface area (Å²) in [6.45, 7) is 2.55. The highest BCUT2D eigenvalue weighted by molar-refractivity contribution is 6.01. The van der Waals surface area contributed by atoms with E-state index in [1.54, 1.807) is 19.2 Å². The zero-order chi connectivity index (χ0) is 26.4. The van der Waals surface area contributed by atoms with Gasteiger partial charge in [0, 0.05) is 38.9 Å². The third-order valence-electron chi connectivity index (χ3n) is 6.91. The number of rotatable bonds is 4. The lowest BCUT2D eigenvalue weighted by molar-refractivity contribution is -0.274. The van der Waals surface area contributed by atoms with Gasteiger partial charge in [0.15, 0.2) is 5.82 Å². The molecule has 37 heavy (non-hydrogen) atoms. The van der Waals surface area contributed by atoms with Crippen LogP contribution in [-0.2, 0) is 11.9 Å². The van der Waals surface area contributed by atoms with Crippen LogP contribution in [0.2, 0.25) is 0 Å². The zero-order valence-corrected chi connectivity index (χ0v) is 20.1. The van der Waals surface area contributed by atoms with E-state index in [1.807, 2.05) is 17.9 Å². The third kappa shape index (κ3) is 4.69. The van der Waals surface area contributed by atoms with E-state index >= 15 is 0 Å². The molecule has 0 N–H and O–H groups in total. The van der Waals surface area contributed by atoms with E-state index in [0.717, 1.165) is 6.42 Å². The van der Waals surface area contributed by atoms with E-state index in [1.165, 1.54) is 28.8 Å². The Labute approximate surface area is 209 Å². The molecular weight excluding hydrogens is 489 g/mol. The number of pyridine rings is 1. The smallest absolute Gasteiger partial charge is 0.406 e. The van der Waals surface area contributed by atoms with Gasteiger partial charge in [0.25, 0.3) is 0 Å². The highest BCUT2D eigenvalue weighted by Gasteiger charge is 2.46. The molecule has 0 bridgehead atoms. The molecule has 1 saturated heterocycles. The molecule has 1 spiro atoms. The van der Waals surface area contributed by atoms with E-state index < -0.39 is 17.7 Å². The van der Waals surface area contributed by atoms with Gasteiger partial charge in [0.1, 0.15) is 28.6 Å². The number of alkyl halides is 3. The Hall–Kier alpha value is -4.14. The molecule has 2 aliphatic rings. The lowest BCUT2D eigenvalue weighted by Gasteiger charge is -2.43. The largest absolute Gasteiger partial charge is 0.573 e. The quantitative estimate of drug-likeness (QED) is 0.520. The molecule has 0 amide bonds. The van der Waals surface area contributed by atoms with Crippen molar-refractivity contribution in [3.05, 3.63) is 58.1 Å². The van der Waals surface area contributed by atoms with Gasteiger partial charge in [0.2, 0.25) is 0 Å². The molecule has 1 fully saturated rings. The molecule has 2 atom stereocenters. The maximum atomic E-state index is 12.6. The summed E-state index contributed by atoms with van der Waals surface area (Å²) in [5.74, 6) is 0.142.